The molecule has 0 saturated heterocycles. The Morgan fingerprint density at radius 1 is 1.38 bits per heavy atom. The third-order valence-electron chi connectivity index (χ3n) is 3.15. The summed E-state index contributed by atoms with van der Waals surface area (Å²) in [7, 11) is 0. The van der Waals surface area contributed by atoms with Crippen LogP contribution in [0.5, 0.6) is 11.6 Å². The normalized spacial score (nSPS) is 10.7. The Labute approximate surface area is 126 Å². The zero-order chi connectivity index (χ0) is 14.8. The Morgan fingerprint density at radius 2 is 2.24 bits per heavy atom. The van der Waals surface area contributed by atoms with Gasteiger partial charge in [0.05, 0.1) is 5.52 Å². The molecule has 1 aromatic carbocycles. The highest BCUT2D eigenvalue weighted by Crippen LogP contribution is 2.34. The molecule has 2 aromatic heterocycles. The van der Waals surface area contributed by atoms with Crippen LogP contribution in [0, 0.1) is 6.92 Å². The smallest absolute Gasteiger partial charge is 0.240 e. The van der Waals surface area contributed by atoms with E-state index in [1.807, 2.05) is 31.2 Å². The lowest BCUT2D eigenvalue weighted by Gasteiger charge is -2.10. The Kier molecular flexibility index (Phi) is 3.58. The number of hydrogen-bond acceptors (Lipinski definition) is 5. The fourth-order valence-electron chi connectivity index (χ4n) is 2.14. The van der Waals surface area contributed by atoms with Gasteiger partial charge in [-0.3, -0.25) is 0 Å². The summed E-state index contributed by atoms with van der Waals surface area (Å²) in [6.07, 6.45) is 4.05. The zero-order valence-electron chi connectivity index (χ0n) is 11.7. The lowest BCUT2D eigenvalue weighted by Crippen LogP contribution is -1.95. The number of aromatic nitrogens is 2. The minimum atomic E-state index is 0.577. The predicted molar refractivity (Wildman–Crippen MR) is 87.0 cm³/mol. The molecule has 0 saturated carbocycles. The summed E-state index contributed by atoms with van der Waals surface area (Å²) in [5.41, 5.74) is 9.60. The van der Waals surface area contributed by atoms with Crippen LogP contribution in [-0.2, 0) is 6.42 Å². The highest BCUT2D eigenvalue weighted by Gasteiger charge is 2.12. The van der Waals surface area contributed by atoms with Crippen LogP contribution in [0.3, 0.4) is 0 Å². The van der Waals surface area contributed by atoms with Crippen LogP contribution in [0.4, 0.5) is 5.69 Å². The quantitative estimate of drug-likeness (QED) is 0.581. The van der Waals surface area contributed by atoms with Crippen LogP contribution in [0.2, 0.25) is 0 Å². The van der Waals surface area contributed by atoms with Gasteiger partial charge in [0.15, 0.2) is 0 Å². The molecule has 0 amide bonds. The summed E-state index contributed by atoms with van der Waals surface area (Å²) in [5.74, 6) is 1.32. The molecule has 0 unspecified atom stereocenters. The summed E-state index contributed by atoms with van der Waals surface area (Å²) in [5, 5.41) is 2.06. The molecule has 106 valence electrons. The van der Waals surface area contributed by atoms with Crippen molar-refractivity contribution in [3.8, 4) is 11.6 Å². The van der Waals surface area contributed by atoms with Crippen molar-refractivity contribution in [3.63, 3.8) is 0 Å². The predicted octanol–water partition coefficient (Wildman–Crippen LogP) is 4.10. The molecule has 3 aromatic rings. The fraction of sp³-hybridized carbons (Fsp3) is 0.125. The Bertz CT molecular complexity index is 810. The van der Waals surface area contributed by atoms with E-state index in [0.717, 1.165) is 27.1 Å². The van der Waals surface area contributed by atoms with Gasteiger partial charge in [0, 0.05) is 11.3 Å². The number of anilines is 1. The molecule has 2 heterocycles. The van der Waals surface area contributed by atoms with Gasteiger partial charge in [-0.15, -0.1) is 17.9 Å². The standard InChI is InChI=1S/C16H15N3OS/c1-3-4-11-7-12(17)5-6-13(11)20-16-15-14(18-9-19-16)10(2)8-21-15/h3,5-9H,1,4,17H2,2H3. The maximum atomic E-state index is 6.00. The number of benzene rings is 1. The molecule has 0 aliphatic heterocycles. The number of nitrogen functional groups attached to an aromatic ring is 1. The molecule has 21 heavy (non-hydrogen) atoms. The maximum Gasteiger partial charge on any atom is 0.240 e. The van der Waals surface area contributed by atoms with Crippen molar-refractivity contribution in [2.45, 2.75) is 13.3 Å². The highest BCUT2D eigenvalue weighted by atomic mass is 32.1. The molecular weight excluding hydrogens is 282 g/mol. The second kappa shape index (κ2) is 5.54. The van der Waals surface area contributed by atoms with Gasteiger partial charge in [-0.2, -0.15) is 0 Å². The van der Waals surface area contributed by atoms with Crippen LogP contribution in [-0.4, -0.2) is 9.97 Å². The van der Waals surface area contributed by atoms with Crippen LogP contribution in [0.15, 0.2) is 42.6 Å². The first kappa shape index (κ1) is 13.6. The minimum absolute atomic E-state index is 0.577. The monoisotopic (exact) mass is 297 g/mol. The van der Waals surface area contributed by atoms with Crippen LogP contribution >= 0.6 is 11.3 Å². The first-order valence-electron chi connectivity index (χ1n) is 6.55. The van der Waals surface area contributed by atoms with Gasteiger partial charge in [0.25, 0.3) is 0 Å². The summed E-state index contributed by atoms with van der Waals surface area (Å²) in [6, 6.07) is 5.58. The fourth-order valence-corrected chi connectivity index (χ4v) is 3.07. The number of nitrogens with two attached hydrogens (primary N) is 1. The van der Waals surface area contributed by atoms with Crippen molar-refractivity contribution in [2.24, 2.45) is 0 Å². The van der Waals surface area contributed by atoms with E-state index >= 15 is 0 Å². The average Bonchev–Trinajstić information content (AvgIpc) is 2.85. The van der Waals surface area contributed by atoms with E-state index in [9.17, 15) is 0 Å². The summed E-state index contributed by atoms with van der Waals surface area (Å²) in [4.78, 5) is 8.56. The number of fused-ring (bicyclic) bond motifs is 1. The summed E-state index contributed by atoms with van der Waals surface area (Å²) < 4.78 is 6.95. The van der Waals surface area contributed by atoms with E-state index in [1.165, 1.54) is 6.33 Å². The first-order chi connectivity index (χ1) is 10.2. The number of thiophene rings is 1. The van der Waals surface area contributed by atoms with Crippen molar-refractivity contribution >= 4 is 27.2 Å². The van der Waals surface area contributed by atoms with Crippen molar-refractivity contribution in [1.29, 1.82) is 0 Å². The summed E-state index contributed by atoms with van der Waals surface area (Å²) in [6.45, 7) is 5.80. The van der Waals surface area contributed by atoms with Crippen molar-refractivity contribution in [3.05, 3.63) is 53.7 Å². The number of aryl methyl sites for hydroxylation is 1. The zero-order valence-corrected chi connectivity index (χ0v) is 12.5. The molecule has 0 fully saturated rings. The molecule has 0 radical (unpaired) electrons. The van der Waals surface area contributed by atoms with Gasteiger partial charge in [-0.25, -0.2) is 9.97 Å². The van der Waals surface area contributed by atoms with Gasteiger partial charge in [0.1, 0.15) is 16.8 Å². The van der Waals surface area contributed by atoms with E-state index in [2.05, 4.69) is 21.9 Å². The number of nitrogens with zero attached hydrogens (tertiary/aromatic N) is 2. The molecule has 0 spiro atoms. The lowest BCUT2D eigenvalue weighted by molar-refractivity contribution is 0.464. The summed E-state index contributed by atoms with van der Waals surface area (Å²) >= 11 is 1.59. The molecule has 3 rings (SSSR count). The molecular formula is C16H15N3OS. The van der Waals surface area contributed by atoms with E-state index in [0.29, 0.717) is 18.0 Å². The number of hydrogen-bond donors (Lipinski definition) is 1. The van der Waals surface area contributed by atoms with E-state index < -0.39 is 0 Å². The number of rotatable bonds is 4. The molecule has 0 aliphatic carbocycles. The van der Waals surface area contributed by atoms with Crippen LogP contribution in [0.1, 0.15) is 11.1 Å². The number of allylic oxidation sites excluding steroid dienone is 1. The third-order valence-corrected chi connectivity index (χ3v) is 4.23. The van der Waals surface area contributed by atoms with Gasteiger partial charge in [-0.05, 0) is 42.5 Å². The Morgan fingerprint density at radius 3 is 3.05 bits per heavy atom. The Hall–Kier alpha value is -2.40. The van der Waals surface area contributed by atoms with Crippen LogP contribution < -0.4 is 10.5 Å². The van der Waals surface area contributed by atoms with Crippen molar-refractivity contribution < 1.29 is 4.74 Å². The Balaban J connectivity index is 2.04. The van der Waals surface area contributed by atoms with Gasteiger partial charge in [0.2, 0.25) is 5.88 Å². The lowest BCUT2D eigenvalue weighted by atomic mass is 10.1. The SMILES string of the molecule is C=CCc1cc(N)ccc1Oc1ncnc2c(C)csc12. The van der Waals surface area contributed by atoms with E-state index in [1.54, 1.807) is 11.3 Å². The van der Waals surface area contributed by atoms with Crippen LogP contribution in [0.25, 0.3) is 10.2 Å². The topological polar surface area (TPSA) is 61.0 Å². The second-order valence-corrected chi connectivity index (χ2v) is 5.62. The minimum Gasteiger partial charge on any atom is -0.437 e. The largest absolute Gasteiger partial charge is 0.437 e. The average molecular weight is 297 g/mol. The molecule has 0 aliphatic rings. The van der Waals surface area contributed by atoms with Gasteiger partial charge >= 0.3 is 0 Å². The molecule has 0 atom stereocenters. The van der Waals surface area contributed by atoms with Gasteiger partial charge < -0.3 is 10.5 Å². The van der Waals surface area contributed by atoms with Gasteiger partial charge in [-0.1, -0.05) is 6.08 Å². The third kappa shape index (κ3) is 2.60. The van der Waals surface area contributed by atoms with Crippen molar-refractivity contribution in [1.82, 2.24) is 9.97 Å². The molecule has 0 bridgehead atoms. The number of ether oxygens (including phenoxy) is 1. The van der Waals surface area contributed by atoms with E-state index in [-0.39, 0.29) is 0 Å². The van der Waals surface area contributed by atoms with E-state index in [4.69, 9.17) is 10.5 Å². The van der Waals surface area contributed by atoms with Crippen molar-refractivity contribution in [2.75, 3.05) is 5.73 Å². The molecule has 2 N–H and O–H groups in total. The molecule has 4 nitrogen and oxygen atoms in total. The highest BCUT2D eigenvalue weighted by molar-refractivity contribution is 7.17. The first-order valence-corrected chi connectivity index (χ1v) is 7.43. The molecule has 5 heteroatoms. The second-order valence-electron chi connectivity index (χ2n) is 4.74. The maximum absolute atomic E-state index is 6.00.